The minimum Gasteiger partial charge on any atom is -0.481 e. The third-order valence-electron chi connectivity index (χ3n) is 6.96. The lowest BCUT2D eigenvalue weighted by atomic mass is 10.1. The van der Waals surface area contributed by atoms with Crippen LogP contribution >= 0.6 is 0 Å². The number of unbranched alkanes of at least 4 members (excludes halogenated alkanes) is 14. The summed E-state index contributed by atoms with van der Waals surface area (Å²) in [5.41, 5.74) is 5.59. The predicted molar refractivity (Wildman–Crippen MR) is 160 cm³/mol. The molecule has 0 aromatic rings. The molecule has 0 aliphatic carbocycles. The van der Waals surface area contributed by atoms with E-state index in [1.54, 1.807) is 0 Å². The number of nitro groups is 1. The number of esters is 1. The van der Waals surface area contributed by atoms with Crippen molar-refractivity contribution in [2.24, 2.45) is 5.73 Å². The molecule has 0 atom stereocenters. The molecule has 0 aliphatic rings. The zero-order chi connectivity index (χ0) is 29.7. The Morgan fingerprint density at radius 3 is 1.88 bits per heavy atom. The van der Waals surface area contributed by atoms with Crippen LogP contribution in [0.4, 0.5) is 0 Å². The maximum absolute atomic E-state index is 11.9. The van der Waals surface area contributed by atoms with E-state index in [2.05, 4.69) is 17.1 Å². The summed E-state index contributed by atoms with van der Waals surface area (Å²) in [6.07, 6.45) is 21.0. The van der Waals surface area contributed by atoms with E-state index in [9.17, 15) is 19.7 Å². The molecule has 234 valence electrons. The van der Waals surface area contributed by atoms with Gasteiger partial charge >= 0.3 is 11.9 Å². The van der Waals surface area contributed by atoms with Gasteiger partial charge in [-0.15, -0.1) is 0 Å². The zero-order valence-corrected chi connectivity index (χ0v) is 25.2. The number of nitrogens with two attached hydrogens (primary N) is 1. The number of carboxylic acids is 1. The summed E-state index contributed by atoms with van der Waals surface area (Å²) >= 11 is 0. The monoisotopic (exact) mass is 570 g/mol. The molecule has 4 N–H and O–H groups in total. The number of carbonyl (C=O) groups is 2. The van der Waals surface area contributed by atoms with Crippen molar-refractivity contribution in [3.05, 3.63) is 22.1 Å². The first-order valence-electron chi connectivity index (χ1n) is 15.8. The van der Waals surface area contributed by atoms with Crippen molar-refractivity contribution >= 4 is 11.9 Å². The molecule has 0 unspecified atom stereocenters. The fourth-order valence-corrected chi connectivity index (χ4v) is 4.62. The Bertz CT molecular complexity index is 675. The van der Waals surface area contributed by atoms with Gasteiger partial charge in [0.1, 0.15) is 0 Å². The Morgan fingerprint density at radius 1 is 0.800 bits per heavy atom. The van der Waals surface area contributed by atoms with Crippen LogP contribution in [0.1, 0.15) is 135 Å². The van der Waals surface area contributed by atoms with Crippen molar-refractivity contribution in [1.29, 1.82) is 0 Å². The van der Waals surface area contributed by atoms with E-state index in [1.807, 2.05) is 0 Å². The smallest absolute Gasteiger partial charge is 0.305 e. The number of carbonyl (C=O) groups excluding carboxylic acids is 1. The van der Waals surface area contributed by atoms with E-state index in [4.69, 9.17) is 15.6 Å². The van der Waals surface area contributed by atoms with Gasteiger partial charge in [-0.3, -0.25) is 19.7 Å². The van der Waals surface area contributed by atoms with Crippen LogP contribution in [0.15, 0.2) is 12.0 Å². The number of carboxylic acid groups (broad SMARTS) is 1. The van der Waals surface area contributed by atoms with Crippen LogP contribution in [0.25, 0.3) is 0 Å². The maximum atomic E-state index is 11.9. The number of ether oxygens (including phenoxy) is 1. The van der Waals surface area contributed by atoms with Crippen LogP contribution in [-0.2, 0) is 14.3 Å². The third kappa shape index (κ3) is 28.6. The topological polar surface area (TPSA) is 148 Å². The lowest BCUT2D eigenvalue weighted by Crippen LogP contribution is -2.30. The maximum Gasteiger partial charge on any atom is 0.305 e. The highest BCUT2D eigenvalue weighted by atomic mass is 16.6. The van der Waals surface area contributed by atoms with E-state index in [0.717, 1.165) is 109 Å². The van der Waals surface area contributed by atoms with Crippen LogP contribution in [0.5, 0.6) is 0 Å². The first-order valence-corrected chi connectivity index (χ1v) is 15.8. The van der Waals surface area contributed by atoms with Gasteiger partial charge in [0.15, 0.2) is 5.82 Å². The lowest BCUT2D eigenvalue weighted by Gasteiger charge is -2.22. The molecule has 0 radical (unpaired) electrons. The summed E-state index contributed by atoms with van der Waals surface area (Å²) in [6, 6.07) is 0. The van der Waals surface area contributed by atoms with Gasteiger partial charge in [-0.05, 0) is 58.2 Å². The molecule has 0 aromatic heterocycles. The highest BCUT2D eigenvalue weighted by Gasteiger charge is 2.07. The average molecular weight is 571 g/mol. The van der Waals surface area contributed by atoms with E-state index >= 15 is 0 Å². The van der Waals surface area contributed by atoms with Crippen LogP contribution in [-0.4, -0.2) is 59.7 Å². The van der Waals surface area contributed by atoms with Crippen molar-refractivity contribution in [3.63, 3.8) is 0 Å². The van der Waals surface area contributed by atoms with Crippen molar-refractivity contribution in [3.8, 4) is 0 Å². The molecule has 0 saturated heterocycles. The highest BCUT2D eigenvalue weighted by molar-refractivity contribution is 5.69. The van der Waals surface area contributed by atoms with E-state index in [0.29, 0.717) is 19.6 Å². The fraction of sp³-hybridized carbons (Fsp3) is 0.867. The number of nitrogens with zero attached hydrogens (tertiary/aromatic N) is 2. The van der Waals surface area contributed by atoms with Gasteiger partial charge in [0.25, 0.3) is 6.20 Å². The number of hydrogen-bond donors (Lipinski definition) is 3. The lowest BCUT2D eigenvalue weighted by molar-refractivity contribution is -0.403. The SMILES string of the molecule is CCCCCCCCCOC(=O)CCCCCCCN(CCCCCCCC(=O)O)CCCN/C(N)=C/[N+](=O)[O-]. The molecule has 10 nitrogen and oxygen atoms in total. The van der Waals surface area contributed by atoms with E-state index in [-0.39, 0.29) is 18.2 Å². The summed E-state index contributed by atoms with van der Waals surface area (Å²) in [7, 11) is 0. The molecule has 0 fully saturated rings. The second kappa shape index (κ2) is 28.2. The van der Waals surface area contributed by atoms with Crippen LogP contribution in [0, 0.1) is 10.1 Å². The molecule has 0 aliphatic heterocycles. The highest BCUT2D eigenvalue weighted by Crippen LogP contribution is 2.11. The van der Waals surface area contributed by atoms with Gasteiger partial charge < -0.3 is 25.8 Å². The van der Waals surface area contributed by atoms with Gasteiger partial charge in [-0.2, -0.15) is 0 Å². The fourth-order valence-electron chi connectivity index (χ4n) is 4.62. The average Bonchev–Trinajstić information content (AvgIpc) is 2.90. The van der Waals surface area contributed by atoms with E-state index < -0.39 is 10.9 Å². The molecule has 0 bridgehead atoms. The van der Waals surface area contributed by atoms with Gasteiger partial charge in [0.2, 0.25) is 0 Å². The summed E-state index contributed by atoms with van der Waals surface area (Å²) in [5, 5.41) is 22.1. The van der Waals surface area contributed by atoms with Crippen LogP contribution in [0.2, 0.25) is 0 Å². The number of rotatable bonds is 30. The summed E-state index contributed by atoms with van der Waals surface area (Å²) in [5.74, 6) is -0.728. The first-order chi connectivity index (χ1) is 19.3. The summed E-state index contributed by atoms with van der Waals surface area (Å²) in [6.45, 7) is 6.24. The molecular weight excluding hydrogens is 512 g/mol. The van der Waals surface area contributed by atoms with Gasteiger partial charge in [-0.25, -0.2) is 0 Å². The van der Waals surface area contributed by atoms with Crippen LogP contribution in [0.3, 0.4) is 0 Å². The Labute approximate surface area is 242 Å². The molecule has 0 heterocycles. The molecular formula is C30H58N4O6. The van der Waals surface area contributed by atoms with Gasteiger partial charge in [-0.1, -0.05) is 84.0 Å². The standard InChI is InChI=1S/C30H58N4O6/c1-2-3-4-5-6-13-18-26-40-30(37)21-15-10-8-12-17-24-33(23-16-11-7-9-14-20-29(35)36)25-19-22-32-28(31)27-34(38)39/h27,32H,2-26,31H2,1H3,(H,35,36)/b28-27+. The molecule has 0 rings (SSSR count). The molecule has 10 heteroatoms. The van der Waals surface area contributed by atoms with Crippen molar-refractivity contribution < 1.29 is 24.4 Å². The second-order valence-electron chi connectivity index (χ2n) is 10.8. The minimum atomic E-state index is -0.729. The largest absolute Gasteiger partial charge is 0.481 e. The molecule has 0 saturated carbocycles. The Hall–Kier alpha value is -2.36. The quantitative estimate of drug-likeness (QED) is 0.0388. The second-order valence-corrected chi connectivity index (χ2v) is 10.8. The van der Waals surface area contributed by atoms with E-state index in [1.165, 1.54) is 32.1 Å². The van der Waals surface area contributed by atoms with Crippen molar-refractivity contribution in [2.45, 2.75) is 135 Å². The predicted octanol–water partition coefficient (Wildman–Crippen LogP) is 6.36. The normalized spacial score (nSPS) is 11.6. The number of aliphatic carboxylic acids is 1. The Morgan fingerprint density at radius 2 is 1.30 bits per heavy atom. The van der Waals surface area contributed by atoms with Gasteiger partial charge in [0, 0.05) is 19.4 Å². The summed E-state index contributed by atoms with van der Waals surface area (Å²) < 4.78 is 5.37. The molecule has 0 amide bonds. The minimum absolute atomic E-state index is 0.0672. The number of hydrogen-bond acceptors (Lipinski definition) is 8. The first kappa shape index (κ1) is 37.6. The van der Waals surface area contributed by atoms with Gasteiger partial charge in [0.05, 0.1) is 11.5 Å². The summed E-state index contributed by atoms with van der Waals surface area (Å²) in [4.78, 5) is 34.9. The molecule has 0 spiro atoms. The number of nitrogens with one attached hydrogen (secondary N) is 1. The zero-order valence-electron chi connectivity index (χ0n) is 25.2. The Kier molecular flexibility index (Phi) is 26.5. The van der Waals surface area contributed by atoms with Crippen molar-refractivity contribution in [2.75, 3.05) is 32.8 Å². The molecule has 0 aromatic carbocycles. The van der Waals surface area contributed by atoms with Crippen LogP contribution < -0.4 is 11.1 Å². The Balaban J connectivity index is 4.00. The molecule has 40 heavy (non-hydrogen) atoms. The van der Waals surface area contributed by atoms with Crippen molar-refractivity contribution in [1.82, 2.24) is 10.2 Å². The third-order valence-corrected chi connectivity index (χ3v) is 6.96.